The lowest BCUT2D eigenvalue weighted by atomic mass is 10.3. The summed E-state index contributed by atoms with van der Waals surface area (Å²) in [5.41, 5.74) is 1.88. The summed E-state index contributed by atoms with van der Waals surface area (Å²) in [5, 5.41) is 3.46. The fraction of sp³-hybridized carbons (Fsp3) is 0.333. The van der Waals surface area contributed by atoms with Crippen molar-refractivity contribution >= 4 is 40.9 Å². The lowest BCUT2D eigenvalue weighted by Gasteiger charge is -2.12. The minimum atomic E-state index is -0.121. The molecule has 0 aliphatic heterocycles. The van der Waals surface area contributed by atoms with Crippen LogP contribution in [0, 0.1) is 4.77 Å². The molecule has 1 aromatic heterocycles. The topological polar surface area (TPSA) is 53.1 Å². The number of nitrogens with one attached hydrogen (secondary N) is 2. The van der Waals surface area contributed by atoms with Gasteiger partial charge < -0.3 is 19.8 Å². The molecular weight excluding hydrogens is 284 g/mol. The van der Waals surface area contributed by atoms with Crippen LogP contribution in [0.3, 0.4) is 0 Å². The zero-order valence-electron chi connectivity index (χ0n) is 10.7. The van der Waals surface area contributed by atoms with E-state index in [1.165, 1.54) is 4.90 Å². The number of rotatable bonds is 3. The maximum atomic E-state index is 11.4. The molecule has 1 heterocycles. The summed E-state index contributed by atoms with van der Waals surface area (Å²) in [6.45, 7) is 1.10. The van der Waals surface area contributed by atoms with E-state index < -0.39 is 0 Å². The summed E-state index contributed by atoms with van der Waals surface area (Å²) in [7, 11) is 3.40. The van der Waals surface area contributed by atoms with Crippen LogP contribution in [0.5, 0.6) is 0 Å². The highest BCUT2D eigenvalue weighted by atomic mass is 35.5. The van der Waals surface area contributed by atoms with Crippen LogP contribution in [0.2, 0.25) is 5.02 Å². The summed E-state index contributed by atoms with van der Waals surface area (Å²) in [4.78, 5) is 16.0. The third kappa shape index (κ3) is 3.08. The molecule has 0 saturated carbocycles. The molecule has 19 heavy (non-hydrogen) atoms. The molecule has 0 aliphatic carbocycles. The third-order valence-electron chi connectivity index (χ3n) is 2.76. The lowest BCUT2D eigenvalue weighted by molar-refractivity contribution is 0.217. The Kier molecular flexibility index (Phi) is 4.11. The van der Waals surface area contributed by atoms with Gasteiger partial charge in [0, 0.05) is 32.2 Å². The van der Waals surface area contributed by atoms with Crippen LogP contribution in [-0.4, -0.2) is 41.1 Å². The Bertz CT molecular complexity index is 661. The Morgan fingerprint density at radius 2 is 2.26 bits per heavy atom. The maximum Gasteiger partial charge on any atom is 0.316 e. The normalized spacial score (nSPS) is 10.7. The zero-order chi connectivity index (χ0) is 14.0. The Morgan fingerprint density at radius 1 is 1.53 bits per heavy atom. The Balaban J connectivity index is 2.16. The number of carbonyl (C=O) groups is 1. The van der Waals surface area contributed by atoms with Crippen molar-refractivity contribution in [3.8, 4) is 0 Å². The Hall–Kier alpha value is -1.53. The monoisotopic (exact) mass is 298 g/mol. The third-order valence-corrected chi connectivity index (χ3v) is 3.31. The van der Waals surface area contributed by atoms with Crippen molar-refractivity contribution in [2.45, 2.75) is 6.54 Å². The molecule has 0 atom stereocenters. The highest BCUT2D eigenvalue weighted by Gasteiger charge is 2.06. The Morgan fingerprint density at radius 3 is 2.95 bits per heavy atom. The van der Waals surface area contributed by atoms with Crippen molar-refractivity contribution in [3.63, 3.8) is 0 Å². The number of nitrogens with zero attached hydrogens (tertiary/aromatic N) is 2. The highest BCUT2D eigenvalue weighted by Crippen LogP contribution is 2.19. The van der Waals surface area contributed by atoms with Crippen LogP contribution in [0.1, 0.15) is 0 Å². The quantitative estimate of drug-likeness (QED) is 0.856. The SMILES string of the molecule is CN(C)C(=O)NCCn1c(=S)[nH]c2ccc(Cl)cc21. The van der Waals surface area contributed by atoms with Crippen molar-refractivity contribution in [2.24, 2.45) is 0 Å². The van der Waals surface area contributed by atoms with Crippen molar-refractivity contribution in [2.75, 3.05) is 20.6 Å². The Labute approximate surface area is 121 Å². The number of H-pyrrole nitrogens is 1. The van der Waals surface area contributed by atoms with Gasteiger partial charge in [-0.3, -0.25) is 0 Å². The number of urea groups is 1. The lowest BCUT2D eigenvalue weighted by Crippen LogP contribution is -2.36. The molecule has 0 fully saturated rings. The second-order valence-electron chi connectivity index (χ2n) is 4.37. The first-order valence-corrected chi connectivity index (χ1v) is 6.61. The minimum Gasteiger partial charge on any atom is -0.336 e. The predicted molar refractivity (Wildman–Crippen MR) is 79.2 cm³/mol. The van der Waals surface area contributed by atoms with Gasteiger partial charge in [-0.25, -0.2) is 4.79 Å². The predicted octanol–water partition coefficient (Wildman–Crippen LogP) is 2.62. The molecule has 1 aromatic carbocycles. The molecule has 0 unspecified atom stereocenters. The molecule has 102 valence electrons. The van der Waals surface area contributed by atoms with Crippen LogP contribution in [0.15, 0.2) is 18.2 Å². The molecule has 0 spiro atoms. The summed E-state index contributed by atoms with van der Waals surface area (Å²) in [5.74, 6) is 0. The number of amides is 2. The molecule has 0 aliphatic rings. The van der Waals surface area contributed by atoms with Gasteiger partial charge in [0.05, 0.1) is 11.0 Å². The first-order chi connectivity index (χ1) is 8.99. The molecule has 2 N–H and O–H groups in total. The van der Waals surface area contributed by atoms with Gasteiger partial charge >= 0.3 is 6.03 Å². The maximum absolute atomic E-state index is 11.4. The van der Waals surface area contributed by atoms with Gasteiger partial charge in [-0.05, 0) is 30.4 Å². The van der Waals surface area contributed by atoms with E-state index >= 15 is 0 Å². The smallest absolute Gasteiger partial charge is 0.316 e. The van der Waals surface area contributed by atoms with E-state index in [1.54, 1.807) is 14.1 Å². The average Bonchev–Trinajstić information content (AvgIpc) is 2.65. The number of hydrogen-bond donors (Lipinski definition) is 2. The van der Waals surface area contributed by atoms with Gasteiger partial charge in [0.15, 0.2) is 4.77 Å². The first-order valence-electron chi connectivity index (χ1n) is 5.82. The van der Waals surface area contributed by atoms with E-state index in [0.29, 0.717) is 22.9 Å². The van der Waals surface area contributed by atoms with E-state index in [9.17, 15) is 4.79 Å². The number of aromatic amines is 1. The van der Waals surface area contributed by atoms with E-state index in [2.05, 4.69) is 10.3 Å². The molecule has 0 saturated heterocycles. The van der Waals surface area contributed by atoms with Gasteiger partial charge in [0.25, 0.3) is 0 Å². The van der Waals surface area contributed by atoms with Gasteiger partial charge in [0.2, 0.25) is 0 Å². The second kappa shape index (κ2) is 5.63. The van der Waals surface area contributed by atoms with E-state index in [1.807, 2.05) is 22.8 Å². The van der Waals surface area contributed by atoms with E-state index in [4.69, 9.17) is 23.8 Å². The van der Waals surface area contributed by atoms with Crippen LogP contribution < -0.4 is 5.32 Å². The number of aromatic nitrogens is 2. The average molecular weight is 299 g/mol. The van der Waals surface area contributed by atoms with Crippen LogP contribution in [0.4, 0.5) is 4.79 Å². The van der Waals surface area contributed by atoms with E-state index in [-0.39, 0.29) is 6.03 Å². The number of hydrogen-bond acceptors (Lipinski definition) is 2. The largest absolute Gasteiger partial charge is 0.336 e. The molecular formula is C12H15ClN4OS. The number of benzene rings is 1. The molecule has 2 amide bonds. The fourth-order valence-corrected chi connectivity index (χ4v) is 2.25. The molecule has 2 rings (SSSR count). The number of imidazole rings is 1. The van der Waals surface area contributed by atoms with E-state index in [0.717, 1.165) is 11.0 Å². The summed E-state index contributed by atoms with van der Waals surface area (Å²) >= 11 is 11.3. The van der Waals surface area contributed by atoms with Crippen LogP contribution in [0.25, 0.3) is 11.0 Å². The first kappa shape index (κ1) is 13.9. The molecule has 2 aromatic rings. The zero-order valence-corrected chi connectivity index (χ0v) is 12.3. The number of carbonyl (C=O) groups excluding carboxylic acids is 1. The summed E-state index contributed by atoms with van der Waals surface area (Å²) in [6, 6.07) is 5.44. The van der Waals surface area contributed by atoms with Crippen LogP contribution in [-0.2, 0) is 6.54 Å². The van der Waals surface area contributed by atoms with Gasteiger partial charge in [-0.2, -0.15) is 0 Å². The standard InChI is InChI=1S/C12H15ClN4OS/c1-16(2)11(18)14-5-6-17-10-7-8(13)3-4-9(10)15-12(17)19/h3-4,7H,5-6H2,1-2H3,(H,14,18)(H,15,19). The highest BCUT2D eigenvalue weighted by molar-refractivity contribution is 7.71. The number of halogens is 1. The summed E-state index contributed by atoms with van der Waals surface area (Å²) < 4.78 is 2.54. The molecule has 7 heteroatoms. The van der Waals surface area contributed by atoms with Gasteiger partial charge in [-0.15, -0.1) is 0 Å². The summed E-state index contributed by atoms with van der Waals surface area (Å²) in [6.07, 6.45) is 0. The van der Waals surface area contributed by atoms with Crippen molar-refractivity contribution in [1.82, 2.24) is 19.8 Å². The van der Waals surface area contributed by atoms with Crippen molar-refractivity contribution in [3.05, 3.63) is 28.0 Å². The molecule has 0 bridgehead atoms. The second-order valence-corrected chi connectivity index (χ2v) is 5.19. The van der Waals surface area contributed by atoms with Crippen LogP contribution >= 0.6 is 23.8 Å². The molecule has 0 radical (unpaired) electrons. The number of fused-ring (bicyclic) bond motifs is 1. The van der Waals surface area contributed by atoms with Crippen molar-refractivity contribution in [1.29, 1.82) is 0 Å². The van der Waals surface area contributed by atoms with Gasteiger partial charge in [0.1, 0.15) is 0 Å². The van der Waals surface area contributed by atoms with Crippen molar-refractivity contribution < 1.29 is 4.79 Å². The van der Waals surface area contributed by atoms with Gasteiger partial charge in [-0.1, -0.05) is 11.6 Å². The minimum absolute atomic E-state index is 0.121. The fourth-order valence-electron chi connectivity index (χ4n) is 1.78. The molecule has 5 nitrogen and oxygen atoms in total.